The molecule has 6 nitrogen and oxygen atoms in total. The average molecular weight is 451 g/mol. The molecule has 0 saturated carbocycles. The molecule has 0 unspecified atom stereocenters. The summed E-state index contributed by atoms with van der Waals surface area (Å²) in [6.07, 6.45) is 3.46. The number of halogens is 1. The number of carbonyl (C=O) groups is 1. The van der Waals surface area contributed by atoms with Crippen LogP contribution in [0.25, 0.3) is 0 Å². The van der Waals surface area contributed by atoms with Crippen LogP contribution in [0.3, 0.4) is 0 Å². The molecule has 0 radical (unpaired) electrons. The maximum atomic E-state index is 13.4. The molecular formula is C22H27ClN2O4S. The summed E-state index contributed by atoms with van der Waals surface area (Å²) < 4.78 is 33.4. The van der Waals surface area contributed by atoms with Gasteiger partial charge in [-0.05, 0) is 74.1 Å². The van der Waals surface area contributed by atoms with Gasteiger partial charge in [-0.3, -0.25) is 4.79 Å². The van der Waals surface area contributed by atoms with Gasteiger partial charge < -0.3 is 10.1 Å². The highest BCUT2D eigenvalue weighted by Crippen LogP contribution is 2.24. The average Bonchev–Trinajstić information content (AvgIpc) is 2.96. The van der Waals surface area contributed by atoms with Crippen LogP contribution < -0.4 is 10.1 Å². The van der Waals surface area contributed by atoms with Crippen molar-refractivity contribution in [3.05, 3.63) is 59.1 Å². The van der Waals surface area contributed by atoms with Gasteiger partial charge in [-0.15, -0.1) is 0 Å². The van der Waals surface area contributed by atoms with Crippen LogP contribution in [0.2, 0.25) is 5.02 Å². The monoisotopic (exact) mass is 450 g/mol. The fraction of sp³-hybridized carbons (Fsp3) is 0.409. The summed E-state index contributed by atoms with van der Waals surface area (Å²) in [6.45, 7) is 0.838. The number of rotatable bonds is 8. The predicted octanol–water partition coefficient (Wildman–Crippen LogP) is 3.64. The maximum Gasteiger partial charge on any atom is 0.243 e. The van der Waals surface area contributed by atoms with Crippen LogP contribution in [0, 0.1) is 0 Å². The highest BCUT2D eigenvalue weighted by Gasteiger charge is 2.36. The molecule has 0 aliphatic carbocycles. The van der Waals surface area contributed by atoms with Crippen molar-refractivity contribution in [2.75, 3.05) is 20.2 Å². The van der Waals surface area contributed by atoms with Gasteiger partial charge in [-0.2, -0.15) is 4.31 Å². The van der Waals surface area contributed by atoms with Crippen molar-refractivity contribution in [1.82, 2.24) is 9.62 Å². The topological polar surface area (TPSA) is 75.7 Å². The Morgan fingerprint density at radius 1 is 1.10 bits per heavy atom. The van der Waals surface area contributed by atoms with Crippen molar-refractivity contribution in [2.45, 2.75) is 43.0 Å². The molecule has 3 rings (SSSR count). The molecule has 1 aliphatic heterocycles. The minimum Gasteiger partial charge on any atom is -0.497 e. The van der Waals surface area contributed by atoms with Gasteiger partial charge in [-0.1, -0.05) is 23.7 Å². The van der Waals surface area contributed by atoms with Gasteiger partial charge in [0.15, 0.2) is 0 Å². The summed E-state index contributed by atoms with van der Waals surface area (Å²) >= 11 is 5.93. The predicted molar refractivity (Wildman–Crippen MR) is 117 cm³/mol. The molecule has 1 atom stereocenters. The highest BCUT2D eigenvalue weighted by atomic mass is 35.5. The summed E-state index contributed by atoms with van der Waals surface area (Å²) in [5.74, 6) is 0.551. The SMILES string of the molecule is COc1ccc(CCCN([C@@H]2CCCCNC2=O)S(=O)(=O)c2ccc(Cl)cc2)cc1. The number of benzene rings is 2. The first-order valence-electron chi connectivity index (χ1n) is 10.1. The Morgan fingerprint density at radius 2 is 1.80 bits per heavy atom. The first-order valence-corrected chi connectivity index (χ1v) is 11.9. The van der Waals surface area contributed by atoms with Crippen molar-refractivity contribution >= 4 is 27.5 Å². The third-order valence-corrected chi connectivity index (χ3v) is 7.45. The molecule has 0 aromatic heterocycles. The molecule has 2 aromatic carbocycles. The van der Waals surface area contributed by atoms with E-state index in [0.29, 0.717) is 30.8 Å². The van der Waals surface area contributed by atoms with Gasteiger partial charge >= 0.3 is 0 Å². The minimum atomic E-state index is -3.84. The third-order valence-electron chi connectivity index (χ3n) is 5.28. The second kappa shape index (κ2) is 10.3. The normalized spacial score (nSPS) is 17.4. The van der Waals surface area contributed by atoms with Crippen molar-refractivity contribution in [1.29, 1.82) is 0 Å². The number of hydrogen-bond acceptors (Lipinski definition) is 4. The highest BCUT2D eigenvalue weighted by molar-refractivity contribution is 7.89. The van der Waals surface area contributed by atoms with Gasteiger partial charge in [-0.25, -0.2) is 8.42 Å². The van der Waals surface area contributed by atoms with Crippen LogP contribution in [0.4, 0.5) is 0 Å². The van der Waals surface area contributed by atoms with Gasteiger partial charge in [0.25, 0.3) is 0 Å². The zero-order valence-corrected chi connectivity index (χ0v) is 18.6. The van der Waals surface area contributed by atoms with E-state index in [1.807, 2.05) is 24.3 Å². The molecule has 162 valence electrons. The molecule has 2 aromatic rings. The lowest BCUT2D eigenvalue weighted by atomic mass is 10.1. The van der Waals surface area contributed by atoms with Gasteiger partial charge in [0.1, 0.15) is 11.8 Å². The van der Waals surface area contributed by atoms with E-state index < -0.39 is 16.1 Å². The molecule has 8 heteroatoms. The van der Waals surface area contributed by atoms with Crippen LogP contribution in [0.1, 0.15) is 31.2 Å². The number of ether oxygens (including phenoxy) is 1. The van der Waals surface area contributed by atoms with Gasteiger partial charge in [0.2, 0.25) is 15.9 Å². The van der Waals surface area contributed by atoms with E-state index in [4.69, 9.17) is 16.3 Å². The number of methoxy groups -OCH3 is 1. The number of aryl methyl sites for hydroxylation is 1. The number of sulfonamides is 1. The van der Waals surface area contributed by atoms with E-state index in [-0.39, 0.29) is 17.3 Å². The number of amides is 1. The Morgan fingerprint density at radius 3 is 2.47 bits per heavy atom. The smallest absolute Gasteiger partial charge is 0.243 e. The van der Waals surface area contributed by atoms with Crippen LogP contribution in [0.5, 0.6) is 5.75 Å². The zero-order valence-electron chi connectivity index (χ0n) is 17.0. The van der Waals surface area contributed by atoms with E-state index in [1.54, 1.807) is 19.2 Å². The number of nitrogens with one attached hydrogen (secondary N) is 1. The van der Waals surface area contributed by atoms with Crippen LogP contribution in [-0.4, -0.2) is 44.9 Å². The fourth-order valence-electron chi connectivity index (χ4n) is 3.61. The molecule has 0 spiro atoms. The Balaban J connectivity index is 1.81. The quantitative estimate of drug-likeness (QED) is 0.666. The number of nitrogens with zero attached hydrogens (tertiary/aromatic N) is 1. The molecule has 1 heterocycles. The Bertz CT molecular complexity index is 946. The summed E-state index contributed by atoms with van der Waals surface area (Å²) in [6, 6.07) is 13.1. The molecule has 1 saturated heterocycles. The van der Waals surface area contributed by atoms with E-state index in [0.717, 1.165) is 24.2 Å². The van der Waals surface area contributed by atoms with Crippen LogP contribution >= 0.6 is 11.6 Å². The minimum absolute atomic E-state index is 0.147. The lowest BCUT2D eigenvalue weighted by Crippen LogP contribution is -2.49. The largest absolute Gasteiger partial charge is 0.497 e. The first-order chi connectivity index (χ1) is 14.4. The zero-order chi connectivity index (χ0) is 21.6. The third kappa shape index (κ3) is 5.53. The van der Waals surface area contributed by atoms with Crippen LogP contribution in [0.15, 0.2) is 53.4 Å². The maximum absolute atomic E-state index is 13.4. The van der Waals surface area contributed by atoms with Gasteiger partial charge in [0.05, 0.1) is 12.0 Å². The number of hydrogen-bond donors (Lipinski definition) is 1. The molecule has 30 heavy (non-hydrogen) atoms. The van der Waals surface area contributed by atoms with E-state index in [9.17, 15) is 13.2 Å². The molecule has 1 fully saturated rings. The second-order valence-corrected chi connectivity index (χ2v) is 9.65. The van der Waals surface area contributed by atoms with E-state index in [1.165, 1.54) is 16.4 Å². The van der Waals surface area contributed by atoms with E-state index >= 15 is 0 Å². The summed E-state index contributed by atoms with van der Waals surface area (Å²) in [5.41, 5.74) is 1.09. The lowest BCUT2D eigenvalue weighted by molar-refractivity contribution is -0.124. The first kappa shape index (κ1) is 22.6. The Kier molecular flexibility index (Phi) is 7.75. The Labute approximate surface area is 183 Å². The van der Waals surface area contributed by atoms with Gasteiger partial charge in [0, 0.05) is 18.1 Å². The molecular weight excluding hydrogens is 424 g/mol. The molecule has 1 aliphatic rings. The summed E-state index contributed by atoms with van der Waals surface area (Å²) in [7, 11) is -2.22. The Hall–Kier alpha value is -2.09. The summed E-state index contributed by atoms with van der Waals surface area (Å²) in [4.78, 5) is 12.8. The van der Waals surface area contributed by atoms with E-state index in [2.05, 4.69) is 5.32 Å². The molecule has 1 amide bonds. The molecule has 0 bridgehead atoms. The summed E-state index contributed by atoms with van der Waals surface area (Å²) in [5, 5.41) is 3.31. The second-order valence-electron chi connectivity index (χ2n) is 7.32. The van der Waals surface area contributed by atoms with Crippen LogP contribution in [-0.2, 0) is 21.2 Å². The van der Waals surface area contributed by atoms with Crippen molar-refractivity contribution in [3.63, 3.8) is 0 Å². The van der Waals surface area contributed by atoms with Crippen molar-refractivity contribution < 1.29 is 17.9 Å². The fourth-order valence-corrected chi connectivity index (χ4v) is 5.40. The van der Waals surface area contributed by atoms with Crippen molar-refractivity contribution in [3.8, 4) is 5.75 Å². The number of carbonyl (C=O) groups excluding carboxylic acids is 1. The standard InChI is InChI=1S/C22H27ClN2O4S/c1-29-19-11-7-17(8-12-19)5-4-16-25(21-6-2-3-15-24-22(21)26)30(27,28)20-13-9-18(23)10-14-20/h7-14,21H,2-6,15-16H2,1H3,(H,24,26)/t21-/m1/s1. The van der Waals surface area contributed by atoms with Crippen molar-refractivity contribution in [2.24, 2.45) is 0 Å². The molecule has 1 N–H and O–H groups in total. The lowest BCUT2D eigenvalue weighted by Gasteiger charge is -2.29.